The summed E-state index contributed by atoms with van der Waals surface area (Å²) in [5, 5.41) is 12.9. The monoisotopic (exact) mass is 346 g/mol. The van der Waals surface area contributed by atoms with E-state index in [1.807, 2.05) is 23.3 Å². The summed E-state index contributed by atoms with van der Waals surface area (Å²) in [6, 6.07) is 1.94. The van der Waals surface area contributed by atoms with Crippen molar-refractivity contribution >= 4 is 23.1 Å². The molecule has 1 aliphatic heterocycles. The molecule has 0 radical (unpaired) electrons. The lowest BCUT2D eigenvalue weighted by Crippen LogP contribution is -2.54. The Morgan fingerprint density at radius 3 is 3.00 bits per heavy atom. The highest BCUT2D eigenvalue weighted by Gasteiger charge is 2.36. The second kappa shape index (κ2) is 6.86. The number of aromatic nitrogens is 2. The predicted molar refractivity (Wildman–Crippen MR) is 94.4 cm³/mol. The lowest BCUT2D eigenvalue weighted by molar-refractivity contribution is -0.0000418. The molecule has 1 fully saturated rings. The number of aliphatic hydroxyl groups is 1. The Kier molecular flexibility index (Phi) is 4.82. The number of piperidine rings is 1. The van der Waals surface area contributed by atoms with Gasteiger partial charge in [0.25, 0.3) is 5.91 Å². The molecular formula is C17H22N4O2S. The first-order valence-electron chi connectivity index (χ1n) is 8.01. The molecule has 0 saturated carbocycles. The number of aryl methyl sites for hydroxylation is 1. The summed E-state index contributed by atoms with van der Waals surface area (Å²) in [7, 11) is 1.75. The van der Waals surface area contributed by atoms with E-state index in [0.29, 0.717) is 19.5 Å². The third kappa shape index (κ3) is 3.57. The molecule has 2 aromatic rings. The van der Waals surface area contributed by atoms with Gasteiger partial charge in [0.05, 0.1) is 23.2 Å². The SMILES string of the molecule is Cc1ccsc1C(=O)N(C)CC1(O)CCCN(c2cnccn2)C1. The molecule has 1 atom stereocenters. The molecule has 24 heavy (non-hydrogen) atoms. The summed E-state index contributed by atoms with van der Waals surface area (Å²) in [5.41, 5.74) is 0.0411. The van der Waals surface area contributed by atoms with Crippen LogP contribution in [0.5, 0.6) is 0 Å². The van der Waals surface area contributed by atoms with Crippen molar-refractivity contribution in [3.8, 4) is 0 Å². The zero-order valence-electron chi connectivity index (χ0n) is 14.0. The van der Waals surface area contributed by atoms with Crippen LogP contribution in [0.4, 0.5) is 5.82 Å². The van der Waals surface area contributed by atoms with Crippen molar-refractivity contribution in [2.75, 3.05) is 31.6 Å². The van der Waals surface area contributed by atoms with Gasteiger partial charge in [0.1, 0.15) is 5.82 Å². The number of rotatable bonds is 4. The van der Waals surface area contributed by atoms with Gasteiger partial charge in [-0.25, -0.2) is 4.98 Å². The molecule has 0 aliphatic carbocycles. The molecule has 1 unspecified atom stereocenters. The van der Waals surface area contributed by atoms with Gasteiger partial charge in [-0.2, -0.15) is 0 Å². The van der Waals surface area contributed by atoms with Crippen molar-refractivity contribution in [1.82, 2.24) is 14.9 Å². The summed E-state index contributed by atoms with van der Waals surface area (Å²) in [4.78, 5) is 25.4. The van der Waals surface area contributed by atoms with Crippen molar-refractivity contribution in [3.63, 3.8) is 0 Å². The Labute approximate surface area is 145 Å². The van der Waals surface area contributed by atoms with E-state index in [1.54, 1.807) is 30.5 Å². The molecule has 1 amide bonds. The van der Waals surface area contributed by atoms with Crippen LogP contribution in [0, 0.1) is 6.92 Å². The number of carbonyl (C=O) groups is 1. The van der Waals surface area contributed by atoms with E-state index in [2.05, 4.69) is 9.97 Å². The summed E-state index contributed by atoms with van der Waals surface area (Å²) in [5.74, 6) is 0.728. The first-order valence-corrected chi connectivity index (χ1v) is 8.89. The van der Waals surface area contributed by atoms with Crippen molar-refractivity contribution in [3.05, 3.63) is 40.5 Å². The first-order chi connectivity index (χ1) is 11.5. The number of anilines is 1. The first kappa shape index (κ1) is 16.9. The van der Waals surface area contributed by atoms with Crippen LogP contribution in [0.25, 0.3) is 0 Å². The fourth-order valence-electron chi connectivity index (χ4n) is 3.17. The third-order valence-electron chi connectivity index (χ3n) is 4.36. The lowest BCUT2D eigenvalue weighted by atomic mass is 9.92. The van der Waals surface area contributed by atoms with E-state index in [4.69, 9.17) is 0 Å². The molecule has 0 spiro atoms. The van der Waals surface area contributed by atoms with Gasteiger partial charge in [0.2, 0.25) is 0 Å². The molecule has 1 saturated heterocycles. The van der Waals surface area contributed by atoms with Gasteiger partial charge >= 0.3 is 0 Å². The predicted octanol–water partition coefficient (Wildman–Crippen LogP) is 1.95. The van der Waals surface area contributed by atoms with Crippen LogP contribution in [-0.2, 0) is 0 Å². The number of hydrogen-bond donors (Lipinski definition) is 1. The second-order valence-corrected chi connectivity index (χ2v) is 7.32. The summed E-state index contributed by atoms with van der Waals surface area (Å²) >= 11 is 1.44. The number of thiophene rings is 1. The van der Waals surface area contributed by atoms with Crippen molar-refractivity contribution < 1.29 is 9.90 Å². The zero-order valence-corrected chi connectivity index (χ0v) is 14.8. The number of β-amino-alcohol motifs (C(OH)–C–C–N with tert-alkyl or cyclic N) is 1. The molecule has 3 heterocycles. The van der Waals surface area contributed by atoms with Gasteiger partial charge < -0.3 is 14.9 Å². The van der Waals surface area contributed by atoms with E-state index in [1.165, 1.54) is 11.3 Å². The van der Waals surface area contributed by atoms with E-state index >= 15 is 0 Å². The minimum atomic E-state index is -0.939. The highest BCUT2D eigenvalue weighted by atomic mass is 32.1. The van der Waals surface area contributed by atoms with Crippen LogP contribution in [0.3, 0.4) is 0 Å². The van der Waals surface area contributed by atoms with Crippen molar-refractivity contribution in [2.24, 2.45) is 0 Å². The minimum Gasteiger partial charge on any atom is -0.386 e. The molecule has 1 N–H and O–H groups in total. The maximum Gasteiger partial charge on any atom is 0.264 e. The quantitative estimate of drug-likeness (QED) is 0.916. The van der Waals surface area contributed by atoms with Crippen LogP contribution >= 0.6 is 11.3 Å². The molecular weight excluding hydrogens is 324 g/mol. The van der Waals surface area contributed by atoms with E-state index < -0.39 is 5.60 Å². The second-order valence-electron chi connectivity index (χ2n) is 6.41. The largest absolute Gasteiger partial charge is 0.386 e. The van der Waals surface area contributed by atoms with Crippen LogP contribution in [0.15, 0.2) is 30.0 Å². The number of amides is 1. The molecule has 7 heteroatoms. The number of hydrogen-bond acceptors (Lipinski definition) is 6. The molecule has 0 bridgehead atoms. The number of carbonyl (C=O) groups excluding carboxylic acids is 1. The van der Waals surface area contributed by atoms with Gasteiger partial charge in [-0.3, -0.25) is 9.78 Å². The van der Waals surface area contributed by atoms with Crippen LogP contribution in [0.2, 0.25) is 0 Å². The smallest absolute Gasteiger partial charge is 0.264 e. The Balaban J connectivity index is 1.69. The fraction of sp³-hybridized carbons (Fsp3) is 0.471. The average Bonchev–Trinajstić information content (AvgIpc) is 3.00. The van der Waals surface area contributed by atoms with E-state index in [-0.39, 0.29) is 5.91 Å². The Morgan fingerprint density at radius 1 is 1.50 bits per heavy atom. The molecule has 128 valence electrons. The molecule has 2 aromatic heterocycles. The van der Waals surface area contributed by atoms with E-state index in [9.17, 15) is 9.90 Å². The summed E-state index contributed by atoms with van der Waals surface area (Å²) in [6.45, 7) is 3.53. The van der Waals surface area contributed by atoms with Gasteiger partial charge in [-0.05, 0) is 36.8 Å². The maximum absolute atomic E-state index is 12.6. The third-order valence-corrected chi connectivity index (χ3v) is 5.37. The summed E-state index contributed by atoms with van der Waals surface area (Å²) in [6.07, 6.45) is 6.52. The normalized spacial score (nSPS) is 20.9. The Morgan fingerprint density at radius 2 is 2.33 bits per heavy atom. The maximum atomic E-state index is 12.6. The lowest BCUT2D eigenvalue weighted by Gasteiger charge is -2.41. The highest BCUT2D eigenvalue weighted by Crippen LogP contribution is 2.26. The molecule has 3 rings (SSSR count). The molecule has 0 aromatic carbocycles. The zero-order chi connectivity index (χ0) is 17.2. The van der Waals surface area contributed by atoms with E-state index in [0.717, 1.165) is 29.2 Å². The Hall–Kier alpha value is -1.99. The fourth-order valence-corrected chi connectivity index (χ4v) is 4.09. The number of likely N-dealkylation sites (N-methyl/N-ethyl adjacent to an activating group) is 1. The number of nitrogens with zero attached hydrogens (tertiary/aromatic N) is 4. The summed E-state index contributed by atoms with van der Waals surface area (Å²) < 4.78 is 0. The topological polar surface area (TPSA) is 69.6 Å². The van der Waals surface area contributed by atoms with Crippen LogP contribution in [-0.4, -0.2) is 58.2 Å². The molecule has 6 nitrogen and oxygen atoms in total. The molecule has 1 aliphatic rings. The minimum absolute atomic E-state index is 0.0347. The highest BCUT2D eigenvalue weighted by molar-refractivity contribution is 7.12. The van der Waals surface area contributed by atoms with Gasteiger partial charge in [0, 0.05) is 32.5 Å². The van der Waals surface area contributed by atoms with Crippen molar-refractivity contribution in [1.29, 1.82) is 0 Å². The standard InChI is InChI=1S/C17H22N4O2S/c1-13-4-9-24-15(13)16(22)20(2)11-17(23)5-3-8-21(12-17)14-10-18-6-7-19-14/h4,6-7,9-10,23H,3,5,8,11-12H2,1-2H3. The van der Waals surface area contributed by atoms with Crippen LogP contribution < -0.4 is 4.90 Å². The van der Waals surface area contributed by atoms with Crippen molar-refractivity contribution in [2.45, 2.75) is 25.4 Å². The van der Waals surface area contributed by atoms with Gasteiger partial charge in [0.15, 0.2) is 0 Å². The van der Waals surface area contributed by atoms with Crippen LogP contribution in [0.1, 0.15) is 28.1 Å². The van der Waals surface area contributed by atoms with Gasteiger partial charge in [-0.15, -0.1) is 11.3 Å². The average molecular weight is 346 g/mol. The van der Waals surface area contributed by atoms with Gasteiger partial charge in [-0.1, -0.05) is 0 Å². The Bertz CT molecular complexity index is 706.